The summed E-state index contributed by atoms with van der Waals surface area (Å²) in [7, 11) is 1.66. The molecule has 0 aliphatic heterocycles. The molecule has 1 aromatic heterocycles. The summed E-state index contributed by atoms with van der Waals surface area (Å²) in [5, 5.41) is 6.94. The molecule has 0 aliphatic carbocycles. The molecule has 0 fully saturated rings. The Hall–Kier alpha value is -1.81. The highest BCUT2D eigenvalue weighted by Gasteiger charge is 2.11. The highest BCUT2D eigenvalue weighted by Crippen LogP contribution is 2.19. The number of aryl methyl sites for hydroxylation is 1. The maximum Gasteiger partial charge on any atom is 0.118 e. The third-order valence-electron chi connectivity index (χ3n) is 2.85. The van der Waals surface area contributed by atoms with Crippen LogP contribution in [0.5, 0.6) is 5.75 Å². The van der Waals surface area contributed by atoms with E-state index in [4.69, 9.17) is 10.5 Å². The van der Waals surface area contributed by atoms with Crippen LogP contribution in [0.15, 0.2) is 30.5 Å². The van der Waals surface area contributed by atoms with Crippen molar-refractivity contribution in [1.29, 1.82) is 0 Å². The molecule has 0 radical (unpaired) electrons. The lowest BCUT2D eigenvalue weighted by molar-refractivity contribution is 0.414. The first kappa shape index (κ1) is 11.7. The van der Waals surface area contributed by atoms with Gasteiger partial charge in [0.1, 0.15) is 5.75 Å². The molecule has 17 heavy (non-hydrogen) atoms. The number of aromatic nitrogens is 2. The summed E-state index contributed by atoms with van der Waals surface area (Å²) in [5.74, 6) is 0.861. The number of hydrogen-bond donors (Lipinski definition) is 2. The highest BCUT2D eigenvalue weighted by molar-refractivity contribution is 5.29. The smallest absolute Gasteiger partial charge is 0.118 e. The van der Waals surface area contributed by atoms with Crippen LogP contribution >= 0.6 is 0 Å². The van der Waals surface area contributed by atoms with E-state index >= 15 is 0 Å². The molecule has 90 valence electrons. The second-order valence-electron chi connectivity index (χ2n) is 4.13. The van der Waals surface area contributed by atoms with Crippen LogP contribution in [0.3, 0.4) is 0 Å². The van der Waals surface area contributed by atoms with Gasteiger partial charge in [-0.15, -0.1) is 0 Å². The fourth-order valence-electron chi connectivity index (χ4n) is 1.85. The van der Waals surface area contributed by atoms with Crippen molar-refractivity contribution < 1.29 is 4.74 Å². The Balaban J connectivity index is 2.07. The van der Waals surface area contributed by atoms with Gasteiger partial charge in [0.05, 0.1) is 25.0 Å². The van der Waals surface area contributed by atoms with Crippen LogP contribution in [0.2, 0.25) is 0 Å². The average Bonchev–Trinajstić information content (AvgIpc) is 2.76. The summed E-state index contributed by atoms with van der Waals surface area (Å²) in [6.45, 7) is 2.01. The van der Waals surface area contributed by atoms with Crippen molar-refractivity contribution >= 4 is 0 Å². The standard InChI is InChI=1S/C13H17N3O/c1-9-8-15-16-13(9)12(14)7-10-3-5-11(17-2)6-4-10/h3-6,8,12H,7,14H2,1-2H3,(H,15,16). The normalized spacial score (nSPS) is 12.4. The van der Waals surface area contributed by atoms with Crippen LogP contribution in [0.4, 0.5) is 0 Å². The lowest BCUT2D eigenvalue weighted by Gasteiger charge is -2.11. The van der Waals surface area contributed by atoms with Crippen LogP contribution in [0.1, 0.15) is 22.9 Å². The molecular formula is C13H17N3O. The number of H-pyrrole nitrogens is 1. The van der Waals surface area contributed by atoms with E-state index in [1.54, 1.807) is 13.3 Å². The highest BCUT2D eigenvalue weighted by atomic mass is 16.5. The van der Waals surface area contributed by atoms with Gasteiger partial charge >= 0.3 is 0 Å². The predicted molar refractivity (Wildman–Crippen MR) is 67.0 cm³/mol. The zero-order chi connectivity index (χ0) is 12.3. The summed E-state index contributed by atoms with van der Waals surface area (Å²) < 4.78 is 5.12. The quantitative estimate of drug-likeness (QED) is 0.845. The van der Waals surface area contributed by atoms with Gasteiger partial charge in [0, 0.05) is 0 Å². The number of nitrogens with two attached hydrogens (primary N) is 1. The van der Waals surface area contributed by atoms with Crippen LogP contribution < -0.4 is 10.5 Å². The number of nitrogens with one attached hydrogen (secondary N) is 1. The molecule has 0 amide bonds. The molecule has 1 heterocycles. The molecule has 0 spiro atoms. The number of nitrogens with zero attached hydrogens (tertiary/aromatic N) is 1. The molecule has 3 N–H and O–H groups in total. The molecule has 2 aromatic rings. The molecule has 4 heteroatoms. The van der Waals surface area contributed by atoms with E-state index in [1.165, 1.54) is 5.56 Å². The predicted octanol–water partition coefficient (Wildman–Crippen LogP) is 1.97. The van der Waals surface area contributed by atoms with E-state index in [1.807, 2.05) is 31.2 Å². The van der Waals surface area contributed by atoms with Crippen molar-refractivity contribution in [2.45, 2.75) is 19.4 Å². The van der Waals surface area contributed by atoms with Gasteiger partial charge in [-0.3, -0.25) is 5.10 Å². The average molecular weight is 231 g/mol. The lowest BCUT2D eigenvalue weighted by Crippen LogP contribution is -2.14. The van der Waals surface area contributed by atoms with Gasteiger partial charge in [0.15, 0.2) is 0 Å². The maximum absolute atomic E-state index is 6.14. The number of benzene rings is 1. The lowest BCUT2D eigenvalue weighted by atomic mass is 10.0. The number of aromatic amines is 1. The van der Waals surface area contributed by atoms with E-state index < -0.39 is 0 Å². The minimum Gasteiger partial charge on any atom is -0.497 e. The first-order valence-corrected chi connectivity index (χ1v) is 5.59. The van der Waals surface area contributed by atoms with E-state index in [9.17, 15) is 0 Å². The third-order valence-corrected chi connectivity index (χ3v) is 2.85. The molecule has 4 nitrogen and oxygen atoms in total. The molecule has 2 rings (SSSR count). The molecule has 0 saturated heterocycles. The van der Waals surface area contributed by atoms with Crippen molar-refractivity contribution in [2.24, 2.45) is 5.73 Å². The van der Waals surface area contributed by atoms with Gasteiger partial charge in [-0.25, -0.2) is 0 Å². The topological polar surface area (TPSA) is 63.9 Å². The summed E-state index contributed by atoms with van der Waals surface area (Å²) in [6.07, 6.45) is 2.58. The van der Waals surface area contributed by atoms with E-state index in [2.05, 4.69) is 10.2 Å². The number of rotatable bonds is 4. The second-order valence-corrected chi connectivity index (χ2v) is 4.13. The third kappa shape index (κ3) is 2.65. The van der Waals surface area contributed by atoms with Gasteiger partial charge in [-0.1, -0.05) is 12.1 Å². The van der Waals surface area contributed by atoms with Crippen LogP contribution in [-0.4, -0.2) is 17.3 Å². The van der Waals surface area contributed by atoms with Crippen molar-refractivity contribution in [2.75, 3.05) is 7.11 Å². The Morgan fingerprint density at radius 3 is 2.59 bits per heavy atom. The van der Waals surface area contributed by atoms with E-state index in [0.717, 1.165) is 23.4 Å². The van der Waals surface area contributed by atoms with E-state index in [0.29, 0.717) is 0 Å². The van der Waals surface area contributed by atoms with Gasteiger partial charge in [-0.2, -0.15) is 5.10 Å². The van der Waals surface area contributed by atoms with Crippen molar-refractivity contribution in [3.63, 3.8) is 0 Å². The Labute approximate surface area is 101 Å². The minimum absolute atomic E-state index is 0.0501. The first-order chi connectivity index (χ1) is 8.20. The maximum atomic E-state index is 6.14. The fourth-order valence-corrected chi connectivity index (χ4v) is 1.85. The summed E-state index contributed by atoms with van der Waals surface area (Å²) in [5.41, 5.74) is 9.43. The fraction of sp³-hybridized carbons (Fsp3) is 0.308. The molecular weight excluding hydrogens is 214 g/mol. The SMILES string of the molecule is COc1ccc(CC(N)c2[nH]ncc2C)cc1. The van der Waals surface area contributed by atoms with Gasteiger partial charge < -0.3 is 10.5 Å². The molecule has 0 saturated carbocycles. The van der Waals surface area contributed by atoms with Gasteiger partial charge in [0.25, 0.3) is 0 Å². The zero-order valence-electron chi connectivity index (χ0n) is 10.1. The van der Waals surface area contributed by atoms with Crippen LogP contribution in [0, 0.1) is 6.92 Å². The van der Waals surface area contributed by atoms with Crippen molar-refractivity contribution in [1.82, 2.24) is 10.2 Å². The molecule has 0 aliphatic rings. The largest absolute Gasteiger partial charge is 0.497 e. The second kappa shape index (κ2) is 5.01. The molecule has 1 atom stereocenters. The number of hydrogen-bond acceptors (Lipinski definition) is 3. The van der Waals surface area contributed by atoms with Crippen molar-refractivity contribution in [3.05, 3.63) is 47.3 Å². The number of methoxy groups -OCH3 is 1. The summed E-state index contributed by atoms with van der Waals surface area (Å²) in [4.78, 5) is 0. The Bertz CT molecular complexity index is 476. The van der Waals surface area contributed by atoms with Gasteiger partial charge in [-0.05, 0) is 36.6 Å². The first-order valence-electron chi connectivity index (χ1n) is 5.59. The Morgan fingerprint density at radius 2 is 2.06 bits per heavy atom. The summed E-state index contributed by atoms with van der Waals surface area (Å²) in [6, 6.07) is 7.91. The zero-order valence-corrected chi connectivity index (χ0v) is 10.1. The van der Waals surface area contributed by atoms with E-state index in [-0.39, 0.29) is 6.04 Å². The molecule has 0 bridgehead atoms. The number of ether oxygens (including phenoxy) is 1. The Morgan fingerprint density at radius 1 is 1.35 bits per heavy atom. The molecule has 1 aromatic carbocycles. The monoisotopic (exact) mass is 231 g/mol. The van der Waals surface area contributed by atoms with Gasteiger partial charge in [0.2, 0.25) is 0 Å². The minimum atomic E-state index is -0.0501. The summed E-state index contributed by atoms with van der Waals surface area (Å²) >= 11 is 0. The Kier molecular flexibility index (Phi) is 3.44. The molecule has 1 unspecified atom stereocenters. The van der Waals surface area contributed by atoms with Crippen LogP contribution in [-0.2, 0) is 6.42 Å². The van der Waals surface area contributed by atoms with Crippen molar-refractivity contribution in [3.8, 4) is 5.75 Å². The van der Waals surface area contributed by atoms with Crippen LogP contribution in [0.25, 0.3) is 0 Å².